The maximum atomic E-state index is 5.98. The maximum Gasteiger partial charge on any atom is 0.0262 e. The van der Waals surface area contributed by atoms with Crippen molar-refractivity contribution in [2.45, 2.75) is 31.8 Å². The summed E-state index contributed by atoms with van der Waals surface area (Å²) in [4.78, 5) is 5.18. The number of fused-ring (bicyclic) bond motifs is 1. The van der Waals surface area contributed by atoms with E-state index in [4.69, 9.17) is 5.73 Å². The fourth-order valence-corrected chi connectivity index (χ4v) is 3.41. The van der Waals surface area contributed by atoms with E-state index in [1.54, 1.807) is 0 Å². The normalized spacial score (nSPS) is 24.6. The monoisotopic (exact) mass is 259 g/mol. The van der Waals surface area contributed by atoms with Gasteiger partial charge >= 0.3 is 0 Å². The summed E-state index contributed by atoms with van der Waals surface area (Å²) < 4.78 is 0. The summed E-state index contributed by atoms with van der Waals surface area (Å²) in [5.41, 5.74) is 8.97. The molecule has 104 valence electrons. The lowest BCUT2D eigenvalue weighted by Crippen LogP contribution is -2.47. The summed E-state index contributed by atoms with van der Waals surface area (Å²) in [5.74, 6) is 0. The van der Waals surface area contributed by atoms with Crippen molar-refractivity contribution in [3.63, 3.8) is 0 Å². The van der Waals surface area contributed by atoms with Crippen molar-refractivity contribution < 1.29 is 0 Å². The number of rotatable bonds is 4. The van der Waals surface area contributed by atoms with E-state index in [1.807, 2.05) is 0 Å². The van der Waals surface area contributed by atoms with Crippen LogP contribution >= 0.6 is 0 Å². The van der Waals surface area contributed by atoms with Crippen LogP contribution in [-0.2, 0) is 13.0 Å². The molecule has 1 atom stereocenters. The van der Waals surface area contributed by atoms with E-state index in [0.29, 0.717) is 6.04 Å². The molecule has 0 amide bonds. The van der Waals surface area contributed by atoms with Crippen molar-refractivity contribution in [1.82, 2.24) is 9.80 Å². The quantitative estimate of drug-likeness (QED) is 0.889. The Labute approximate surface area is 116 Å². The van der Waals surface area contributed by atoms with E-state index in [0.717, 1.165) is 26.1 Å². The molecule has 2 aliphatic rings. The molecule has 1 fully saturated rings. The Bertz CT molecular complexity index is 412. The molecule has 2 heterocycles. The Balaban J connectivity index is 1.63. The zero-order valence-electron chi connectivity index (χ0n) is 11.7. The average Bonchev–Trinajstić information content (AvgIpc) is 2.97. The van der Waals surface area contributed by atoms with Gasteiger partial charge in [0.2, 0.25) is 0 Å². The molecule has 2 aliphatic heterocycles. The maximum absolute atomic E-state index is 5.98. The largest absolute Gasteiger partial charge is 0.329 e. The summed E-state index contributed by atoms with van der Waals surface area (Å²) >= 11 is 0. The second-order valence-electron chi connectivity index (χ2n) is 5.88. The molecule has 1 aromatic rings. The van der Waals surface area contributed by atoms with Crippen LogP contribution in [0.4, 0.5) is 0 Å². The van der Waals surface area contributed by atoms with Crippen LogP contribution in [0.15, 0.2) is 24.3 Å². The highest BCUT2D eigenvalue weighted by molar-refractivity contribution is 5.30. The smallest absolute Gasteiger partial charge is 0.0262 e. The van der Waals surface area contributed by atoms with Gasteiger partial charge in [-0.1, -0.05) is 24.3 Å². The van der Waals surface area contributed by atoms with Crippen molar-refractivity contribution in [1.29, 1.82) is 0 Å². The summed E-state index contributed by atoms with van der Waals surface area (Å²) in [6.45, 7) is 6.80. The van der Waals surface area contributed by atoms with Crippen LogP contribution in [0, 0.1) is 0 Å². The molecule has 3 rings (SSSR count). The Morgan fingerprint density at radius 3 is 2.53 bits per heavy atom. The van der Waals surface area contributed by atoms with E-state index >= 15 is 0 Å². The molecule has 0 aliphatic carbocycles. The standard InChI is InChI=1S/C16H25N3/c17-12-16-11-14-5-1-2-6-15(14)13-19(16)10-9-18-7-3-4-8-18/h1-2,5-6,16H,3-4,7-13,17H2. The molecule has 1 unspecified atom stereocenters. The first kappa shape index (κ1) is 13.1. The van der Waals surface area contributed by atoms with E-state index in [-0.39, 0.29) is 0 Å². The third kappa shape index (κ3) is 2.99. The highest BCUT2D eigenvalue weighted by Crippen LogP contribution is 2.22. The van der Waals surface area contributed by atoms with Crippen LogP contribution in [0.5, 0.6) is 0 Å². The number of hydrogen-bond acceptors (Lipinski definition) is 3. The molecular weight excluding hydrogens is 234 g/mol. The van der Waals surface area contributed by atoms with Gasteiger partial charge in [0.15, 0.2) is 0 Å². The summed E-state index contributed by atoms with van der Waals surface area (Å²) in [6, 6.07) is 9.35. The van der Waals surface area contributed by atoms with Crippen LogP contribution in [0.25, 0.3) is 0 Å². The minimum atomic E-state index is 0.525. The molecule has 0 bridgehead atoms. The number of hydrogen-bond donors (Lipinski definition) is 1. The van der Waals surface area contributed by atoms with Gasteiger partial charge in [0, 0.05) is 32.2 Å². The molecule has 0 radical (unpaired) electrons. The van der Waals surface area contributed by atoms with Gasteiger partial charge in [0.25, 0.3) is 0 Å². The van der Waals surface area contributed by atoms with Crippen LogP contribution in [0.2, 0.25) is 0 Å². The number of benzene rings is 1. The number of nitrogens with zero attached hydrogens (tertiary/aromatic N) is 2. The second-order valence-corrected chi connectivity index (χ2v) is 5.88. The zero-order chi connectivity index (χ0) is 13.1. The van der Waals surface area contributed by atoms with Gasteiger partial charge in [-0.05, 0) is 43.5 Å². The van der Waals surface area contributed by atoms with Gasteiger partial charge in [-0.3, -0.25) is 4.90 Å². The first-order chi connectivity index (χ1) is 9.36. The third-order valence-electron chi connectivity index (χ3n) is 4.64. The highest BCUT2D eigenvalue weighted by atomic mass is 15.2. The molecule has 0 saturated carbocycles. The number of likely N-dealkylation sites (tertiary alicyclic amines) is 1. The van der Waals surface area contributed by atoms with Gasteiger partial charge in [-0.15, -0.1) is 0 Å². The third-order valence-corrected chi connectivity index (χ3v) is 4.64. The van der Waals surface area contributed by atoms with Crippen LogP contribution in [0.3, 0.4) is 0 Å². The van der Waals surface area contributed by atoms with E-state index in [9.17, 15) is 0 Å². The molecule has 1 saturated heterocycles. The Kier molecular flexibility index (Phi) is 4.16. The molecule has 2 N–H and O–H groups in total. The summed E-state index contributed by atoms with van der Waals surface area (Å²) in [5, 5.41) is 0. The van der Waals surface area contributed by atoms with Gasteiger partial charge in [-0.25, -0.2) is 0 Å². The fraction of sp³-hybridized carbons (Fsp3) is 0.625. The molecule has 19 heavy (non-hydrogen) atoms. The van der Waals surface area contributed by atoms with Crippen molar-refractivity contribution in [3.8, 4) is 0 Å². The second kappa shape index (κ2) is 6.04. The Morgan fingerprint density at radius 1 is 1.05 bits per heavy atom. The topological polar surface area (TPSA) is 32.5 Å². The lowest BCUT2D eigenvalue weighted by Gasteiger charge is -2.37. The van der Waals surface area contributed by atoms with E-state index < -0.39 is 0 Å². The predicted molar refractivity (Wildman–Crippen MR) is 79.1 cm³/mol. The van der Waals surface area contributed by atoms with Crippen molar-refractivity contribution in [3.05, 3.63) is 35.4 Å². The van der Waals surface area contributed by atoms with Gasteiger partial charge in [-0.2, -0.15) is 0 Å². The van der Waals surface area contributed by atoms with Gasteiger partial charge < -0.3 is 10.6 Å². The van der Waals surface area contributed by atoms with E-state index in [2.05, 4.69) is 34.1 Å². The van der Waals surface area contributed by atoms with E-state index in [1.165, 1.54) is 43.6 Å². The van der Waals surface area contributed by atoms with Crippen LogP contribution in [0.1, 0.15) is 24.0 Å². The van der Waals surface area contributed by atoms with Crippen LogP contribution in [-0.4, -0.2) is 48.6 Å². The average molecular weight is 259 g/mol. The molecule has 3 heteroatoms. The lowest BCUT2D eigenvalue weighted by atomic mass is 9.94. The minimum absolute atomic E-state index is 0.525. The molecule has 3 nitrogen and oxygen atoms in total. The fourth-order valence-electron chi connectivity index (χ4n) is 3.41. The number of nitrogens with two attached hydrogens (primary N) is 1. The first-order valence-corrected chi connectivity index (χ1v) is 7.60. The summed E-state index contributed by atoms with van der Waals surface area (Å²) in [6.07, 6.45) is 3.87. The summed E-state index contributed by atoms with van der Waals surface area (Å²) in [7, 11) is 0. The van der Waals surface area contributed by atoms with Gasteiger partial charge in [0.1, 0.15) is 0 Å². The molecule has 0 aromatic heterocycles. The van der Waals surface area contributed by atoms with Crippen LogP contribution < -0.4 is 5.73 Å². The SMILES string of the molecule is NCC1Cc2ccccc2CN1CCN1CCCC1. The predicted octanol–water partition coefficient (Wildman–Crippen LogP) is 1.47. The first-order valence-electron chi connectivity index (χ1n) is 7.60. The molecular formula is C16H25N3. The van der Waals surface area contributed by atoms with Crippen molar-refractivity contribution in [2.24, 2.45) is 5.73 Å². The minimum Gasteiger partial charge on any atom is -0.329 e. The van der Waals surface area contributed by atoms with Crippen molar-refractivity contribution >= 4 is 0 Å². The highest BCUT2D eigenvalue weighted by Gasteiger charge is 2.25. The Hall–Kier alpha value is -0.900. The lowest BCUT2D eigenvalue weighted by molar-refractivity contribution is 0.153. The Morgan fingerprint density at radius 2 is 1.79 bits per heavy atom. The zero-order valence-corrected chi connectivity index (χ0v) is 11.7. The molecule has 0 spiro atoms. The van der Waals surface area contributed by atoms with Crippen molar-refractivity contribution in [2.75, 3.05) is 32.7 Å². The molecule has 1 aromatic carbocycles. The van der Waals surface area contributed by atoms with Gasteiger partial charge in [0.05, 0.1) is 0 Å².